The summed E-state index contributed by atoms with van der Waals surface area (Å²) in [4.78, 5) is 25.8. The van der Waals surface area contributed by atoms with E-state index in [-0.39, 0.29) is 12.0 Å². The van der Waals surface area contributed by atoms with Gasteiger partial charge in [0.05, 0.1) is 22.2 Å². The molecule has 0 atom stereocenters. The minimum Gasteiger partial charge on any atom is -0.481 e. The topological polar surface area (TPSA) is 91.3 Å². The number of hydrogen-bond acceptors (Lipinski definition) is 5. The zero-order valence-corrected chi connectivity index (χ0v) is 17.9. The Hall–Kier alpha value is -2.80. The number of benzene rings is 1. The summed E-state index contributed by atoms with van der Waals surface area (Å²) < 4.78 is 5.98. The molecule has 0 radical (unpaired) electrons. The number of imidazole rings is 1. The number of nitrogens with one attached hydrogen (secondary N) is 1. The summed E-state index contributed by atoms with van der Waals surface area (Å²) in [5.74, 6) is -0.988. The van der Waals surface area contributed by atoms with Gasteiger partial charge in [-0.25, -0.2) is 4.98 Å². The summed E-state index contributed by atoms with van der Waals surface area (Å²) in [6, 6.07) is 10.6. The third-order valence-electron chi connectivity index (χ3n) is 6.32. The second-order valence-corrected chi connectivity index (χ2v) is 8.81. The van der Waals surface area contributed by atoms with Crippen LogP contribution in [0.15, 0.2) is 30.3 Å². The van der Waals surface area contributed by atoms with E-state index in [2.05, 4.69) is 44.1 Å². The second-order valence-electron chi connectivity index (χ2n) is 8.40. The van der Waals surface area contributed by atoms with E-state index in [0.717, 1.165) is 24.2 Å². The molecule has 3 heterocycles. The van der Waals surface area contributed by atoms with E-state index in [1.165, 1.54) is 18.5 Å². The van der Waals surface area contributed by atoms with Crippen LogP contribution in [0.3, 0.4) is 0 Å². The molecule has 0 unspecified atom stereocenters. The highest BCUT2D eigenvalue weighted by molar-refractivity contribution is 6.33. The molecular formula is C23H25ClN4O3. The molecule has 2 fully saturated rings. The summed E-state index contributed by atoms with van der Waals surface area (Å²) in [6.45, 7) is 2.22. The fourth-order valence-electron chi connectivity index (χ4n) is 4.54. The van der Waals surface area contributed by atoms with Crippen LogP contribution in [0, 0.1) is 5.92 Å². The Morgan fingerprint density at radius 3 is 2.48 bits per heavy atom. The number of fused-ring (bicyclic) bond motifs is 1. The maximum Gasteiger partial charge on any atom is 0.306 e. The lowest BCUT2D eigenvalue weighted by atomic mass is 9.87. The Labute approximate surface area is 185 Å². The molecule has 2 N–H and O–H groups in total. The summed E-state index contributed by atoms with van der Waals surface area (Å²) in [7, 11) is 0. The largest absolute Gasteiger partial charge is 0.481 e. The first-order valence-corrected chi connectivity index (χ1v) is 11.3. The lowest BCUT2D eigenvalue weighted by Gasteiger charge is -2.25. The summed E-state index contributed by atoms with van der Waals surface area (Å²) in [6.07, 6.45) is 5.12. The number of aromatic nitrogens is 3. The molecular weight excluding hydrogens is 416 g/mol. The SMILES string of the molecule is O=C(O)[C@H]1CC[C@H](Oc2nc3nc(-c4ccc(N5CCCC5)cc4)c(Cl)cc3[nH]2)CC1. The second kappa shape index (κ2) is 8.38. The minimum atomic E-state index is -0.720. The first-order valence-electron chi connectivity index (χ1n) is 10.9. The molecule has 1 aromatic carbocycles. The number of carboxylic acid groups (broad SMARTS) is 1. The predicted octanol–water partition coefficient (Wildman–Crippen LogP) is 4.90. The van der Waals surface area contributed by atoms with Crippen molar-refractivity contribution in [1.82, 2.24) is 15.0 Å². The standard InChI is InChI=1S/C23H25ClN4O3/c24-18-13-19-21(27-23(25-19)31-17-9-5-15(6-10-17)22(29)30)26-20(18)14-3-7-16(8-4-14)28-11-1-2-12-28/h3-4,7-8,13,15,17H,1-2,5-6,9-12H2,(H,29,30)(H,25,26,27)/t15-,17-. The van der Waals surface area contributed by atoms with Gasteiger partial charge >= 0.3 is 5.97 Å². The van der Waals surface area contributed by atoms with E-state index in [1.807, 2.05) is 6.07 Å². The van der Waals surface area contributed by atoms with Gasteiger partial charge in [0.15, 0.2) is 5.65 Å². The third-order valence-corrected chi connectivity index (χ3v) is 6.61. The average molecular weight is 441 g/mol. The van der Waals surface area contributed by atoms with Gasteiger partial charge < -0.3 is 19.7 Å². The number of aliphatic carboxylic acids is 1. The first-order chi connectivity index (χ1) is 15.1. The summed E-state index contributed by atoms with van der Waals surface area (Å²) >= 11 is 6.53. The van der Waals surface area contributed by atoms with E-state index in [4.69, 9.17) is 21.4 Å². The highest BCUT2D eigenvalue weighted by Gasteiger charge is 2.27. The van der Waals surface area contributed by atoms with Crippen LogP contribution >= 0.6 is 11.6 Å². The molecule has 3 aromatic rings. The van der Waals surface area contributed by atoms with Crippen LogP contribution in [0.4, 0.5) is 5.69 Å². The quantitative estimate of drug-likeness (QED) is 0.586. The van der Waals surface area contributed by atoms with Gasteiger partial charge in [0.2, 0.25) is 0 Å². The van der Waals surface area contributed by atoms with Crippen LogP contribution < -0.4 is 9.64 Å². The average Bonchev–Trinajstić information content (AvgIpc) is 3.43. The van der Waals surface area contributed by atoms with Crippen molar-refractivity contribution in [2.24, 2.45) is 5.92 Å². The van der Waals surface area contributed by atoms with Crippen LogP contribution in [0.2, 0.25) is 5.02 Å². The van der Waals surface area contributed by atoms with Crippen LogP contribution in [0.5, 0.6) is 6.01 Å². The van der Waals surface area contributed by atoms with Crippen molar-refractivity contribution in [3.05, 3.63) is 35.4 Å². The zero-order valence-electron chi connectivity index (χ0n) is 17.2. The Kier molecular flexibility index (Phi) is 5.44. The van der Waals surface area contributed by atoms with Crippen molar-refractivity contribution >= 4 is 34.4 Å². The monoisotopic (exact) mass is 440 g/mol. The minimum absolute atomic E-state index is 0.0377. The molecule has 7 nitrogen and oxygen atoms in total. The molecule has 5 rings (SSSR count). The van der Waals surface area contributed by atoms with Gasteiger partial charge in [0.1, 0.15) is 6.10 Å². The number of aromatic amines is 1. The Balaban J connectivity index is 1.33. The van der Waals surface area contributed by atoms with Gasteiger partial charge in [-0.05, 0) is 56.7 Å². The molecule has 162 valence electrons. The molecule has 0 amide bonds. The van der Waals surface area contributed by atoms with Crippen molar-refractivity contribution < 1.29 is 14.6 Å². The predicted molar refractivity (Wildman–Crippen MR) is 120 cm³/mol. The maximum absolute atomic E-state index is 11.1. The van der Waals surface area contributed by atoms with Gasteiger partial charge in [-0.1, -0.05) is 23.7 Å². The molecule has 0 bridgehead atoms. The molecule has 0 spiro atoms. The normalized spacial score (nSPS) is 21.5. The summed E-state index contributed by atoms with van der Waals surface area (Å²) in [5.41, 5.74) is 4.15. The van der Waals surface area contributed by atoms with Crippen molar-refractivity contribution in [2.75, 3.05) is 18.0 Å². The smallest absolute Gasteiger partial charge is 0.306 e. The van der Waals surface area contributed by atoms with Gasteiger partial charge in [-0.3, -0.25) is 4.79 Å². The van der Waals surface area contributed by atoms with Crippen LogP contribution in [-0.4, -0.2) is 45.2 Å². The highest BCUT2D eigenvalue weighted by atomic mass is 35.5. The number of carboxylic acids is 1. The van der Waals surface area contributed by atoms with Crippen LogP contribution in [0.1, 0.15) is 38.5 Å². The fourth-order valence-corrected chi connectivity index (χ4v) is 4.81. The molecule has 1 aliphatic heterocycles. The Morgan fingerprint density at radius 2 is 1.81 bits per heavy atom. The number of anilines is 1. The number of pyridine rings is 1. The van der Waals surface area contributed by atoms with Crippen molar-refractivity contribution in [3.8, 4) is 17.3 Å². The number of nitrogens with zero attached hydrogens (tertiary/aromatic N) is 3. The third kappa shape index (κ3) is 4.19. The number of hydrogen-bond donors (Lipinski definition) is 2. The maximum atomic E-state index is 11.1. The number of halogens is 1. The first kappa shape index (κ1) is 20.1. The van der Waals surface area contributed by atoms with E-state index in [1.54, 1.807) is 0 Å². The molecule has 2 aliphatic rings. The van der Waals surface area contributed by atoms with Crippen molar-refractivity contribution in [1.29, 1.82) is 0 Å². The highest BCUT2D eigenvalue weighted by Crippen LogP contribution is 2.32. The van der Waals surface area contributed by atoms with Crippen LogP contribution in [-0.2, 0) is 4.79 Å². The van der Waals surface area contributed by atoms with Crippen molar-refractivity contribution in [2.45, 2.75) is 44.6 Å². The molecule has 31 heavy (non-hydrogen) atoms. The van der Waals surface area contributed by atoms with E-state index < -0.39 is 5.97 Å². The molecule has 2 aromatic heterocycles. The Bertz CT molecular complexity index is 1080. The molecule has 1 saturated heterocycles. The molecule has 8 heteroatoms. The summed E-state index contributed by atoms with van der Waals surface area (Å²) in [5, 5.41) is 9.70. The number of ether oxygens (including phenoxy) is 1. The lowest BCUT2D eigenvalue weighted by Crippen LogP contribution is -2.28. The zero-order chi connectivity index (χ0) is 21.4. The van der Waals surface area contributed by atoms with E-state index in [9.17, 15) is 4.79 Å². The van der Waals surface area contributed by atoms with Gasteiger partial charge in [0.25, 0.3) is 6.01 Å². The molecule has 1 aliphatic carbocycles. The van der Waals surface area contributed by atoms with Gasteiger partial charge in [-0.15, -0.1) is 0 Å². The van der Waals surface area contributed by atoms with Gasteiger partial charge in [-0.2, -0.15) is 4.98 Å². The van der Waals surface area contributed by atoms with Crippen molar-refractivity contribution in [3.63, 3.8) is 0 Å². The number of carbonyl (C=O) groups is 1. The number of H-pyrrole nitrogens is 1. The fraction of sp³-hybridized carbons (Fsp3) is 0.435. The van der Waals surface area contributed by atoms with E-state index >= 15 is 0 Å². The number of rotatable bonds is 5. The lowest BCUT2D eigenvalue weighted by molar-refractivity contribution is -0.143. The van der Waals surface area contributed by atoms with Crippen LogP contribution in [0.25, 0.3) is 22.4 Å². The van der Waals surface area contributed by atoms with E-state index in [0.29, 0.717) is 48.1 Å². The van der Waals surface area contributed by atoms with Gasteiger partial charge in [0, 0.05) is 24.3 Å². The Morgan fingerprint density at radius 1 is 1.10 bits per heavy atom. The molecule has 1 saturated carbocycles.